The molecule has 1 amide bonds. The molecule has 1 fully saturated rings. The quantitative estimate of drug-likeness (QED) is 0.207. The molecule has 176 valence electrons. The fourth-order valence-corrected chi connectivity index (χ4v) is 4.42. The molecule has 1 saturated carbocycles. The summed E-state index contributed by atoms with van der Waals surface area (Å²) >= 11 is 0. The summed E-state index contributed by atoms with van der Waals surface area (Å²) in [5, 5.41) is 28.6. The van der Waals surface area contributed by atoms with Gasteiger partial charge in [0.1, 0.15) is 11.6 Å². The number of carbonyl (C=O) groups is 4. The van der Waals surface area contributed by atoms with Crippen molar-refractivity contribution in [3.8, 4) is 0 Å². The van der Waals surface area contributed by atoms with Gasteiger partial charge >= 0.3 is 0 Å². The molecule has 1 aliphatic rings. The topological polar surface area (TPSA) is 158 Å². The number of Topliss-reactive ketones (excluding diaryl/α,β-unsaturated/α-hetero) is 2. The first-order valence-corrected chi connectivity index (χ1v) is 10.7. The molecule has 0 aromatic rings. The van der Waals surface area contributed by atoms with Crippen molar-refractivity contribution in [3.63, 3.8) is 0 Å². The Bertz CT molecular complexity index is 662. The Kier molecular flexibility index (Phi) is 11.8. The van der Waals surface area contributed by atoms with E-state index >= 15 is 0 Å². The maximum Gasteiger partial charge on any atom is 0.224 e. The van der Waals surface area contributed by atoms with Crippen LogP contribution in [0, 0.1) is 23.7 Å². The molecule has 0 bridgehead atoms. The van der Waals surface area contributed by atoms with E-state index in [-0.39, 0.29) is 37.1 Å². The van der Waals surface area contributed by atoms with Crippen LogP contribution in [0.15, 0.2) is 12.2 Å². The van der Waals surface area contributed by atoms with Crippen LogP contribution >= 0.6 is 0 Å². The van der Waals surface area contributed by atoms with Crippen molar-refractivity contribution >= 4 is 23.3 Å². The SMILES string of the molecule is CN(C)[C@H](CO)[C@H](C[C@@H]1CCC(C(=O)C=CCCO)C(=O)C1)C(CO)C(=O)CC(N)=O. The van der Waals surface area contributed by atoms with Gasteiger partial charge in [-0.2, -0.15) is 0 Å². The minimum atomic E-state index is -0.886. The van der Waals surface area contributed by atoms with E-state index in [2.05, 4.69) is 0 Å². The number of hydrogen-bond acceptors (Lipinski definition) is 8. The second-order valence-corrected chi connectivity index (χ2v) is 8.49. The number of nitrogens with two attached hydrogens (primary N) is 1. The summed E-state index contributed by atoms with van der Waals surface area (Å²) in [6.45, 7) is -0.807. The predicted molar refractivity (Wildman–Crippen MR) is 114 cm³/mol. The Balaban J connectivity index is 2.95. The number of primary amides is 1. The summed E-state index contributed by atoms with van der Waals surface area (Å²) in [5.74, 6) is -3.86. The summed E-state index contributed by atoms with van der Waals surface area (Å²) in [4.78, 5) is 50.4. The van der Waals surface area contributed by atoms with E-state index in [9.17, 15) is 29.4 Å². The number of ketones is 3. The van der Waals surface area contributed by atoms with Crippen molar-refractivity contribution < 1.29 is 34.5 Å². The van der Waals surface area contributed by atoms with Crippen molar-refractivity contribution in [2.24, 2.45) is 29.4 Å². The van der Waals surface area contributed by atoms with E-state index in [1.165, 1.54) is 6.08 Å². The maximum absolute atomic E-state index is 12.6. The molecule has 0 radical (unpaired) electrons. The predicted octanol–water partition coefficient (Wildman–Crippen LogP) is -0.539. The van der Waals surface area contributed by atoms with Gasteiger partial charge in [0.15, 0.2) is 5.78 Å². The maximum atomic E-state index is 12.6. The molecular weight excluding hydrogens is 404 g/mol. The third-order valence-corrected chi connectivity index (χ3v) is 6.09. The van der Waals surface area contributed by atoms with Crippen LogP contribution in [0.1, 0.15) is 38.5 Å². The Hall–Kier alpha value is -1.94. The number of nitrogens with zero attached hydrogens (tertiary/aromatic N) is 1. The van der Waals surface area contributed by atoms with Gasteiger partial charge in [0.05, 0.1) is 25.6 Å². The summed E-state index contributed by atoms with van der Waals surface area (Å²) in [6.07, 6.45) is 4.32. The average Bonchev–Trinajstić information content (AvgIpc) is 2.68. The van der Waals surface area contributed by atoms with E-state index in [0.29, 0.717) is 25.7 Å². The highest BCUT2D eigenvalue weighted by Gasteiger charge is 2.39. The van der Waals surface area contributed by atoms with Crippen LogP contribution in [0.25, 0.3) is 0 Å². The first kappa shape index (κ1) is 27.1. The average molecular weight is 441 g/mol. The van der Waals surface area contributed by atoms with Crippen LogP contribution in [0.2, 0.25) is 0 Å². The van der Waals surface area contributed by atoms with Crippen molar-refractivity contribution in [1.29, 1.82) is 0 Å². The van der Waals surface area contributed by atoms with Crippen LogP contribution in [0.3, 0.4) is 0 Å². The summed E-state index contributed by atoms with van der Waals surface area (Å²) in [7, 11) is 3.50. The van der Waals surface area contributed by atoms with Gasteiger partial charge in [0.25, 0.3) is 0 Å². The number of rotatable bonds is 14. The third kappa shape index (κ3) is 8.25. The van der Waals surface area contributed by atoms with Gasteiger partial charge in [-0.15, -0.1) is 0 Å². The molecule has 0 aromatic carbocycles. The number of allylic oxidation sites excluding steroid dienone is 1. The van der Waals surface area contributed by atoms with Gasteiger partial charge in [0.2, 0.25) is 5.91 Å². The summed E-state index contributed by atoms with van der Waals surface area (Å²) in [5.41, 5.74) is 5.15. The molecule has 0 spiro atoms. The van der Waals surface area contributed by atoms with E-state index in [1.807, 2.05) is 0 Å². The number of aliphatic hydroxyl groups excluding tert-OH is 3. The zero-order chi connectivity index (χ0) is 23.6. The van der Waals surface area contributed by atoms with Crippen molar-refractivity contribution in [3.05, 3.63) is 12.2 Å². The zero-order valence-corrected chi connectivity index (χ0v) is 18.4. The number of aliphatic hydroxyl groups is 3. The molecule has 31 heavy (non-hydrogen) atoms. The van der Waals surface area contributed by atoms with Gasteiger partial charge in [0, 0.05) is 25.0 Å². The van der Waals surface area contributed by atoms with E-state index in [1.54, 1.807) is 25.1 Å². The van der Waals surface area contributed by atoms with E-state index < -0.39 is 48.5 Å². The number of amides is 1. The normalized spacial score (nSPS) is 22.5. The molecule has 0 heterocycles. The molecule has 0 aromatic heterocycles. The van der Waals surface area contributed by atoms with Crippen LogP contribution in [0.5, 0.6) is 0 Å². The van der Waals surface area contributed by atoms with Crippen LogP contribution in [0.4, 0.5) is 0 Å². The van der Waals surface area contributed by atoms with Crippen LogP contribution in [-0.4, -0.2) is 83.4 Å². The van der Waals surface area contributed by atoms with Crippen LogP contribution < -0.4 is 5.73 Å². The van der Waals surface area contributed by atoms with Crippen LogP contribution in [-0.2, 0) is 19.2 Å². The second kappa shape index (κ2) is 13.5. The monoisotopic (exact) mass is 440 g/mol. The third-order valence-electron chi connectivity index (χ3n) is 6.09. The lowest BCUT2D eigenvalue weighted by Gasteiger charge is -2.38. The first-order chi connectivity index (χ1) is 14.7. The lowest BCUT2D eigenvalue weighted by Crippen LogP contribution is -2.46. The first-order valence-electron chi connectivity index (χ1n) is 10.7. The van der Waals surface area contributed by atoms with Gasteiger partial charge in [-0.05, 0) is 57.7 Å². The summed E-state index contributed by atoms with van der Waals surface area (Å²) < 4.78 is 0. The minimum absolute atomic E-state index is 0.0652. The molecule has 9 nitrogen and oxygen atoms in total. The van der Waals surface area contributed by atoms with E-state index in [4.69, 9.17) is 10.8 Å². The minimum Gasteiger partial charge on any atom is -0.396 e. The standard InChI is InChI=1S/C22H36N2O7/c1-24(2)18(13-27)16(17(12-26)21(30)11-22(23)31)9-14-6-7-15(20(29)10-14)19(28)5-3-4-8-25/h3,5,14-18,25-27H,4,6-13H2,1-2H3,(H2,23,31)/t14-,15?,16+,17?,18+/m0/s1. The molecule has 1 aliphatic carbocycles. The highest BCUT2D eigenvalue weighted by atomic mass is 16.3. The Morgan fingerprint density at radius 3 is 2.32 bits per heavy atom. The molecule has 5 N–H and O–H groups in total. The van der Waals surface area contributed by atoms with Crippen molar-refractivity contribution in [2.45, 2.75) is 44.6 Å². The number of likely N-dealkylation sites (N-methyl/N-ethyl adjacent to an activating group) is 1. The molecule has 0 aliphatic heterocycles. The van der Waals surface area contributed by atoms with E-state index in [0.717, 1.165) is 0 Å². The number of hydrogen-bond donors (Lipinski definition) is 4. The van der Waals surface area contributed by atoms with Gasteiger partial charge in [-0.25, -0.2) is 0 Å². The lowest BCUT2D eigenvalue weighted by atomic mass is 9.71. The highest BCUT2D eigenvalue weighted by Crippen LogP contribution is 2.36. The fourth-order valence-electron chi connectivity index (χ4n) is 4.42. The highest BCUT2D eigenvalue weighted by molar-refractivity contribution is 6.07. The molecule has 2 unspecified atom stereocenters. The molecular formula is C22H36N2O7. The lowest BCUT2D eigenvalue weighted by molar-refractivity contribution is -0.133. The fraction of sp³-hybridized carbons (Fsp3) is 0.727. The molecule has 1 rings (SSSR count). The second-order valence-electron chi connectivity index (χ2n) is 8.49. The number of carbonyl (C=O) groups excluding carboxylic acids is 4. The zero-order valence-electron chi connectivity index (χ0n) is 18.4. The van der Waals surface area contributed by atoms with Crippen molar-refractivity contribution in [1.82, 2.24) is 4.90 Å². The Labute approximate surface area is 183 Å². The van der Waals surface area contributed by atoms with Gasteiger partial charge in [-0.1, -0.05) is 6.08 Å². The van der Waals surface area contributed by atoms with Crippen molar-refractivity contribution in [2.75, 3.05) is 33.9 Å². The Morgan fingerprint density at radius 1 is 1.16 bits per heavy atom. The Morgan fingerprint density at radius 2 is 1.84 bits per heavy atom. The molecule has 9 heteroatoms. The molecule has 0 saturated heterocycles. The molecule has 5 atom stereocenters. The van der Waals surface area contributed by atoms with Gasteiger partial charge in [-0.3, -0.25) is 19.2 Å². The summed E-state index contributed by atoms with van der Waals surface area (Å²) in [6, 6.07) is -0.454. The smallest absolute Gasteiger partial charge is 0.224 e. The van der Waals surface area contributed by atoms with Gasteiger partial charge < -0.3 is 26.0 Å². The largest absolute Gasteiger partial charge is 0.396 e.